The van der Waals surface area contributed by atoms with Crippen LogP contribution in [-0.2, 0) is 10.0 Å². The highest BCUT2D eigenvalue weighted by atomic mass is 32.2. The third kappa shape index (κ3) is 3.10. The molecule has 2 rings (SSSR count). The van der Waals surface area contributed by atoms with Crippen LogP contribution in [0.2, 0.25) is 0 Å². The molecule has 0 radical (unpaired) electrons. The van der Waals surface area contributed by atoms with E-state index in [1.165, 1.54) is 4.31 Å². The molecule has 1 heterocycles. The number of aliphatic hydroxyl groups excluding tert-OH is 1. The summed E-state index contributed by atoms with van der Waals surface area (Å²) in [5.41, 5.74) is 0. The maximum atomic E-state index is 13.1. The number of rotatable bonds is 3. The van der Waals surface area contributed by atoms with Gasteiger partial charge in [-0.2, -0.15) is 4.31 Å². The number of benzene rings is 1. The standard InChI is InChI=1S/C12H15F2NO3S/c13-10-4-11(14)6-12(5-10)19(17,18)15-3-1-2-9(7-15)8-16/h4-6,9,16H,1-3,7-8H2. The summed E-state index contributed by atoms with van der Waals surface area (Å²) in [5, 5.41) is 9.09. The summed E-state index contributed by atoms with van der Waals surface area (Å²) >= 11 is 0. The highest BCUT2D eigenvalue weighted by Crippen LogP contribution is 2.24. The largest absolute Gasteiger partial charge is 0.396 e. The molecule has 1 aromatic carbocycles. The first-order chi connectivity index (χ1) is 8.93. The normalized spacial score (nSPS) is 21.5. The maximum absolute atomic E-state index is 13.1. The van der Waals surface area contributed by atoms with E-state index in [0.29, 0.717) is 19.0 Å². The zero-order valence-corrected chi connectivity index (χ0v) is 11.0. The number of nitrogens with zero attached hydrogens (tertiary/aromatic N) is 1. The second kappa shape index (κ2) is 5.52. The molecule has 1 atom stereocenters. The number of halogens is 2. The van der Waals surface area contributed by atoms with Gasteiger partial charge in [-0.25, -0.2) is 17.2 Å². The van der Waals surface area contributed by atoms with Crippen LogP contribution in [0.15, 0.2) is 23.1 Å². The van der Waals surface area contributed by atoms with Crippen molar-refractivity contribution in [2.45, 2.75) is 17.7 Å². The predicted octanol–water partition coefficient (Wildman–Crippen LogP) is 1.36. The Balaban J connectivity index is 2.31. The molecule has 1 aromatic rings. The highest BCUT2D eigenvalue weighted by molar-refractivity contribution is 7.89. The average molecular weight is 291 g/mol. The van der Waals surface area contributed by atoms with Crippen LogP contribution >= 0.6 is 0 Å². The van der Waals surface area contributed by atoms with Gasteiger partial charge in [0.05, 0.1) is 4.90 Å². The van der Waals surface area contributed by atoms with Crippen LogP contribution in [0.1, 0.15) is 12.8 Å². The van der Waals surface area contributed by atoms with Gasteiger partial charge in [0.1, 0.15) is 11.6 Å². The van der Waals surface area contributed by atoms with Crippen molar-refractivity contribution >= 4 is 10.0 Å². The highest BCUT2D eigenvalue weighted by Gasteiger charge is 2.30. The zero-order valence-electron chi connectivity index (χ0n) is 10.2. The summed E-state index contributed by atoms with van der Waals surface area (Å²) in [6, 6.07) is 2.24. The second-order valence-electron chi connectivity index (χ2n) is 4.66. The Hall–Kier alpha value is -1.05. The molecular formula is C12H15F2NO3S. The Morgan fingerprint density at radius 1 is 1.26 bits per heavy atom. The van der Waals surface area contributed by atoms with E-state index in [4.69, 9.17) is 5.11 Å². The molecule has 1 unspecified atom stereocenters. The first-order valence-electron chi connectivity index (χ1n) is 6.00. The van der Waals surface area contributed by atoms with E-state index in [1.54, 1.807) is 0 Å². The van der Waals surface area contributed by atoms with Crippen molar-refractivity contribution in [2.75, 3.05) is 19.7 Å². The lowest BCUT2D eigenvalue weighted by atomic mass is 10.0. The molecule has 4 nitrogen and oxygen atoms in total. The van der Waals surface area contributed by atoms with Gasteiger partial charge < -0.3 is 5.11 Å². The minimum absolute atomic E-state index is 0.0937. The lowest BCUT2D eigenvalue weighted by molar-refractivity contribution is 0.165. The summed E-state index contributed by atoms with van der Waals surface area (Å²) in [7, 11) is -3.91. The molecule has 19 heavy (non-hydrogen) atoms. The fourth-order valence-corrected chi connectivity index (χ4v) is 3.82. The third-order valence-electron chi connectivity index (χ3n) is 3.21. The zero-order chi connectivity index (χ0) is 14.0. The van der Waals surface area contributed by atoms with Gasteiger partial charge in [-0.1, -0.05) is 0 Å². The predicted molar refractivity (Wildman–Crippen MR) is 64.9 cm³/mol. The van der Waals surface area contributed by atoms with Crippen LogP contribution in [-0.4, -0.2) is 37.5 Å². The van der Waals surface area contributed by atoms with Crippen LogP contribution in [0.25, 0.3) is 0 Å². The second-order valence-corrected chi connectivity index (χ2v) is 6.60. The maximum Gasteiger partial charge on any atom is 0.243 e. The molecule has 7 heteroatoms. The lowest BCUT2D eigenvalue weighted by Crippen LogP contribution is -2.40. The monoisotopic (exact) mass is 291 g/mol. The van der Waals surface area contributed by atoms with Gasteiger partial charge in [-0.05, 0) is 30.9 Å². The van der Waals surface area contributed by atoms with Gasteiger partial charge in [-0.15, -0.1) is 0 Å². The summed E-state index contributed by atoms with van der Waals surface area (Å²) in [4.78, 5) is -0.386. The number of sulfonamides is 1. The Kier molecular flexibility index (Phi) is 4.17. The topological polar surface area (TPSA) is 57.6 Å². The van der Waals surface area contributed by atoms with Gasteiger partial charge in [0.15, 0.2) is 0 Å². The molecule has 1 aliphatic heterocycles. The van der Waals surface area contributed by atoms with Crippen LogP contribution in [0.4, 0.5) is 8.78 Å². The Morgan fingerprint density at radius 2 is 1.89 bits per heavy atom. The van der Waals surface area contributed by atoms with Crippen LogP contribution in [0.3, 0.4) is 0 Å². The molecule has 106 valence electrons. The molecule has 1 N–H and O–H groups in total. The number of hydrogen-bond acceptors (Lipinski definition) is 3. The molecule has 1 aliphatic rings. The molecule has 1 saturated heterocycles. The molecule has 0 bridgehead atoms. The van der Waals surface area contributed by atoms with E-state index < -0.39 is 21.7 Å². The molecule has 0 amide bonds. The van der Waals surface area contributed by atoms with Crippen molar-refractivity contribution in [1.82, 2.24) is 4.31 Å². The first kappa shape index (κ1) is 14.4. The Bertz CT molecular complexity index is 542. The molecular weight excluding hydrogens is 276 g/mol. The Morgan fingerprint density at radius 3 is 2.47 bits per heavy atom. The summed E-state index contributed by atoms with van der Waals surface area (Å²) in [6.45, 7) is 0.386. The van der Waals surface area contributed by atoms with Crippen molar-refractivity contribution in [3.05, 3.63) is 29.8 Å². The molecule has 0 aromatic heterocycles. The van der Waals surface area contributed by atoms with Crippen LogP contribution < -0.4 is 0 Å². The van der Waals surface area contributed by atoms with E-state index >= 15 is 0 Å². The van der Waals surface area contributed by atoms with Gasteiger partial charge >= 0.3 is 0 Å². The van der Waals surface area contributed by atoms with E-state index in [9.17, 15) is 17.2 Å². The SMILES string of the molecule is O=S(=O)(c1cc(F)cc(F)c1)N1CCCC(CO)C1. The molecule has 1 fully saturated rings. The van der Waals surface area contributed by atoms with Gasteiger partial charge in [0.2, 0.25) is 10.0 Å². The molecule has 0 spiro atoms. The lowest BCUT2D eigenvalue weighted by Gasteiger charge is -2.30. The number of piperidine rings is 1. The molecule has 0 saturated carbocycles. The average Bonchev–Trinajstić information content (AvgIpc) is 2.37. The van der Waals surface area contributed by atoms with Gasteiger partial charge in [0, 0.05) is 25.8 Å². The first-order valence-corrected chi connectivity index (χ1v) is 7.44. The Labute approximate surface area is 110 Å². The summed E-state index contributed by atoms with van der Waals surface area (Å²) in [5.74, 6) is -1.97. The fourth-order valence-electron chi connectivity index (χ4n) is 2.22. The number of aliphatic hydroxyl groups is 1. The minimum atomic E-state index is -3.91. The van der Waals surface area contributed by atoms with E-state index in [-0.39, 0.29) is 24.0 Å². The summed E-state index contributed by atoms with van der Waals surface area (Å²) in [6.07, 6.45) is 1.38. The van der Waals surface area contributed by atoms with Crippen molar-refractivity contribution in [3.63, 3.8) is 0 Å². The smallest absolute Gasteiger partial charge is 0.243 e. The van der Waals surface area contributed by atoms with Crippen molar-refractivity contribution in [1.29, 1.82) is 0 Å². The van der Waals surface area contributed by atoms with Crippen molar-refractivity contribution in [3.8, 4) is 0 Å². The fraction of sp³-hybridized carbons (Fsp3) is 0.500. The number of hydrogen-bond donors (Lipinski definition) is 1. The minimum Gasteiger partial charge on any atom is -0.396 e. The molecule has 0 aliphatic carbocycles. The summed E-state index contributed by atoms with van der Waals surface area (Å²) < 4.78 is 51.9. The van der Waals surface area contributed by atoms with Gasteiger partial charge in [-0.3, -0.25) is 0 Å². The third-order valence-corrected chi connectivity index (χ3v) is 5.06. The van der Waals surface area contributed by atoms with E-state index in [2.05, 4.69) is 0 Å². The van der Waals surface area contributed by atoms with Crippen molar-refractivity contribution < 1.29 is 22.3 Å². The van der Waals surface area contributed by atoms with Crippen LogP contribution in [0.5, 0.6) is 0 Å². The quantitative estimate of drug-likeness (QED) is 0.915. The van der Waals surface area contributed by atoms with Crippen molar-refractivity contribution in [2.24, 2.45) is 5.92 Å². The van der Waals surface area contributed by atoms with E-state index in [0.717, 1.165) is 18.6 Å². The van der Waals surface area contributed by atoms with Crippen LogP contribution in [0, 0.1) is 17.6 Å². The van der Waals surface area contributed by atoms with E-state index in [1.807, 2.05) is 0 Å². The van der Waals surface area contributed by atoms with Gasteiger partial charge in [0.25, 0.3) is 0 Å².